The molecule has 2 amide bonds. The first-order valence-electron chi connectivity index (χ1n) is 11.4. The van der Waals surface area contributed by atoms with E-state index in [1.807, 2.05) is 24.3 Å². The van der Waals surface area contributed by atoms with Gasteiger partial charge in [0, 0.05) is 19.0 Å². The predicted molar refractivity (Wildman–Crippen MR) is 124 cm³/mol. The lowest BCUT2D eigenvalue weighted by molar-refractivity contribution is -0.153. The summed E-state index contributed by atoms with van der Waals surface area (Å²) in [6, 6.07) is 14.9. The van der Waals surface area contributed by atoms with Gasteiger partial charge in [-0.05, 0) is 48.9 Å². The number of fused-ring (bicyclic) bond motifs is 3. The van der Waals surface area contributed by atoms with Crippen LogP contribution in [0.15, 0.2) is 48.5 Å². The van der Waals surface area contributed by atoms with Gasteiger partial charge in [-0.15, -0.1) is 0 Å². The first-order valence-corrected chi connectivity index (χ1v) is 11.4. The van der Waals surface area contributed by atoms with Gasteiger partial charge in [0.25, 0.3) is 0 Å². The van der Waals surface area contributed by atoms with Crippen molar-refractivity contribution in [3.8, 4) is 11.1 Å². The van der Waals surface area contributed by atoms with E-state index in [9.17, 15) is 19.5 Å². The number of ether oxygens (including phenoxy) is 1. The number of carboxylic acid groups (broad SMARTS) is 1. The average Bonchev–Trinajstić information content (AvgIpc) is 3.34. The number of benzene rings is 2. The normalized spacial score (nSPS) is 22.2. The monoisotopic (exact) mass is 450 g/mol. The maximum Gasteiger partial charge on any atom is 0.407 e. The zero-order valence-electron chi connectivity index (χ0n) is 19.2. The van der Waals surface area contributed by atoms with Crippen LogP contribution in [0.1, 0.15) is 50.2 Å². The highest BCUT2D eigenvalue weighted by molar-refractivity contribution is 5.88. The van der Waals surface area contributed by atoms with E-state index in [1.165, 1.54) is 18.9 Å². The molecule has 2 aromatic rings. The Balaban J connectivity index is 1.43. The van der Waals surface area contributed by atoms with Crippen LogP contribution in [-0.2, 0) is 14.3 Å². The summed E-state index contributed by atoms with van der Waals surface area (Å²) in [5.74, 6) is -1.38. The maximum atomic E-state index is 13.1. The quantitative estimate of drug-likeness (QED) is 0.693. The second-order valence-corrected chi connectivity index (χ2v) is 9.26. The Bertz CT molecular complexity index is 1040. The van der Waals surface area contributed by atoms with Gasteiger partial charge in [0.1, 0.15) is 12.6 Å². The molecule has 3 atom stereocenters. The summed E-state index contributed by atoms with van der Waals surface area (Å²) in [6.07, 6.45) is 1.43. The number of nitrogens with zero attached hydrogens (tertiary/aromatic N) is 1. The van der Waals surface area contributed by atoms with Crippen LogP contribution in [-0.4, -0.2) is 53.7 Å². The highest BCUT2D eigenvalue weighted by atomic mass is 16.5. The Morgan fingerprint density at radius 3 is 2.27 bits per heavy atom. The molecule has 0 bridgehead atoms. The van der Waals surface area contributed by atoms with Gasteiger partial charge in [-0.1, -0.05) is 55.0 Å². The Kier molecular flexibility index (Phi) is 6.15. The zero-order chi connectivity index (χ0) is 23.8. The molecule has 0 spiro atoms. The third kappa shape index (κ3) is 4.08. The molecular weight excluding hydrogens is 420 g/mol. The van der Waals surface area contributed by atoms with E-state index < -0.39 is 29.6 Å². The summed E-state index contributed by atoms with van der Waals surface area (Å²) in [4.78, 5) is 38.4. The van der Waals surface area contributed by atoms with Crippen LogP contribution < -0.4 is 5.32 Å². The minimum Gasteiger partial charge on any atom is -0.480 e. The van der Waals surface area contributed by atoms with Crippen LogP contribution in [0.5, 0.6) is 0 Å². The fourth-order valence-corrected chi connectivity index (χ4v) is 5.18. The summed E-state index contributed by atoms with van der Waals surface area (Å²) >= 11 is 0. The number of hydrogen-bond acceptors (Lipinski definition) is 4. The standard InChI is InChI=1S/C26H30N2O5/c1-16(23(29)30)28(3)24(31)26(2)14-8-13-22(26)27-25(32)33-15-21-19-11-6-4-9-17(19)18-10-5-7-12-20(18)21/h4-7,9-12,16,21-22H,8,13-15H2,1-3H3,(H,27,32)(H,29,30)/t16-,22?,26?/m0/s1. The number of aliphatic carboxylic acids is 1. The van der Waals surface area contributed by atoms with Crippen molar-refractivity contribution in [2.45, 2.75) is 51.1 Å². The van der Waals surface area contributed by atoms with Gasteiger partial charge >= 0.3 is 12.1 Å². The second kappa shape index (κ2) is 8.89. The van der Waals surface area contributed by atoms with Crippen LogP contribution in [0.3, 0.4) is 0 Å². The van der Waals surface area contributed by atoms with Crippen molar-refractivity contribution in [1.82, 2.24) is 10.2 Å². The van der Waals surface area contributed by atoms with Gasteiger partial charge in [-0.3, -0.25) is 4.79 Å². The molecule has 1 saturated carbocycles. The van der Waals surface area contributed by atoms with E-state index in [-0.39, 0.29) is 18.4 Å². The SMILES string of the molecule is C[C@@H](C(=O)O)N(C)C(=O)C1(C)CCCC1NC(=O)OCC1c2ccccc2-c2ccccc21. The van der Waals surface area contributed by atoms with E-state index in [1.54, 1.807) is 6.92 Å². The van der Waals surface area contributed by atoms with Gasteiger partial charge in [-0.2, -0.15) is 0 Å². The molecular formula is C26H30N2O5. The first-order chi connectivity index (χ1) is 15.7. The van der Waals surface area contributed by atoms with E-state index >= 15 is 0 Å². The van der Waals surface area contributed by atoms with Crippen molar-refractivity contribution in [1.29, 1.82) is 0 Å². The summed E-state index contributed by atoms with van der Waals surface area (Å²) in [6.45, 7) is 3.47. The predicted octanol–water partition coefficient (Wildman–Crippen LogP) is 4.02. The lowest BCUT2D eigenvalue weighted by atomic mass is 9.83. The summed E-state index contributed by atoms with van der Waals surface area (Å²) in [5.41, 5.74) is 3.72. The Labute approximate surface area is 193 Å². The third-order valence-electron chi connectivity index (χ3n) is 7.34. The van der Waals surface area contributed by atoms with Gasteiger partial charge in [0.15, 0.2) is 0 Å². The number of amides is 2. The number of carbonyl (C=O) groups is 3. The molecule has 0 aliphatic heterocycles. The van der Waals surface area contributed by atoms with Crippen molar-refractivity contribution in [2.24, 2.45) is 5.41 Å². The lowest BCUT2D eigenvalue weighted by Crippen LogP contribution is -2.54. The number of rotatable bonds is 6. The molecule has 0 heterocycles. The van der Waals surface area contributed by atoms with Crippen molar-refractivity contribution in [3.63, 3.8) is 0 Å². The van der Waals surface area contributed by atoms with Crippen molar-refractivity contribution in [3.05, 3.63) is 59.7 Å². The molecule has 0 aromatic heterocycles. The molecule has 7 heteroatoms. The highest BCUT2D eigenvalue weighted by Gasteiger charge is 2.48. The van der Waals surface area contributed by atoms with E-state index in [4.69, 9.17) is 4.74 Å². The number of carboxylic acids is 1. The topological polar surface area (TPSA) is 95.9 Å². The van der Waals surface area contributed by atoms with Gasteiger partial charge in [0.05, 0.1) is 5.41 Å². The Morgan fingerprint density at radius 2 is 1.70 bits per heavy atom. The second-order valence-electron chi connectivity index (χ2n) is 9.26. The molecule has 2 aromatic carbocycles. The molecule has 2 N–H and O–H groups in total. The van der Waals surface area contributed by atoms with E-state index in [2.05, 4.69) is 29.6 Å². The molecule has 174 valence electrons. The van der Waals surface area contributed by atoms with Gasteiger partial charge in [0.2, 0.25) is 5.91 Å². The summed E-state index contributed by atoms with van der Waals surface area (Å²) < 4.78 is 5.65. The minimum absolute atomic E-state index is 0.0395. The van der Waals surface area contributed by atoms with Crippen molar-refractivity contribution in [2.75, 3.05) is 13.7 Å². The number of alkyl carbamates (subject to hydrolysis) is 1. The molecule has 33 heavy (non-hydrogen) atoms. The number of nitrogens with one attached hydrogen (secondary N) is 1. The molecule has 0 saturated heterocycles. The molecule has 4 rings (SSSR count). The maximum absolute atomic E-state index is 13.1. The van der Waals surface area contributed by atoms with E-state index in [0.29, 0.717) is 12.8 Å². The van der Waals surface area contributed by atoms with Crippen LogP contribution >= 0.6 is 0 Å². The van der Waals surface area contributed by atoms with Crippen LogP contribution in [0.4, 0.5) is 4.79 Å². The number of hydrogen-bond donors (Lipinski definition) is 2. The third-order valence-corrected chi connectivity index (χ3v) is 7.34. The van der Waals surface area contributed by atoms with Gasteiger partial charge < -0.3 is 20.1 Å². The Hall–Kier alpha value is -3.35. The summed E-state index contributed by atoms with van der Waals surface area (Å²) in [5, 5.41) is 12.2. The largest absolute Gasteiger partial charge is 0.480 e. The fourth-order valence-electron chi connectivity index (χ4n) is 5.18. The highest BCUT2D eigenvalue weighted by Crippen LogP contribution is 2.44. The molecule has 7 nitrogen and oxygen atoms in total. The molecule has 2 aliphatic rings. The minimum atomic E-state index is -1.06. The molecule has 2 aliphatic carbocycles. The van der Waals surface area contributed by atoms with Crippen LogP contribution in [0.25, 0.3) is 11.1 Å². The van der Waals surface area contributed by atoms with Crippen LogP contribution in [0.2, 0.25) is 0 Å². The smallest absolute Gasteiger partial charge is 0.407 e. The van der Waals surface area contributed by atoms with E-state index in [0.717, 1.165) is 28.7 Å². The fraction of sp³-hybridized carbons (Fsp3) is 0.423. The summed E-state index contributed by atoms with van der Waals surface area (Å²) in [7, 11) is 1.50. The number of likely N-dealkylation sites (N-methyl/N-ethyl adjacent to an activating group) is 1. The average molecular weight is 451 g/mol. The van der Waals surface area contributed by atoms with Crippen LogP contribution in [0, 0.1) is 5.41 Å². The zero-order valence-corrected chi connectivity index (χ0v) is 19.2. The number of carbonyl (C=O) groups excluding carboxylic acids is 2. The Morgan fingerprint density at radius 1 is 1.12 bits per heavy atom. The van der Waals surface area contributed by atoms with Crippen molar-refractivity contribution >= 4 is 18.0 Å². The molecule has 0 radical (unpaired) electrons. The van der Waals surface area contributed by atoms with Crippen molar-refractivity contribution < 1.29 is 24.2 Å². The van der Waals surface area contributed by atoms with Gasteiger partial charge in [-0.25, -0.2) is 9.59 Å². The molecule has 1 fully saturated rings. The first kappa shape index (κ1) is 22.8. The molecule has 2 unspecified atom stereocenters. The lowest BCUT2D eigenvalue weighted by Gasteiger charge is -2.35.